The molecule has 2 aromatic rings. The lowest BCUT2D eigenvalue weighted by Gasteiger charge is -1.89. The number of rotatable bonds is 2. The smallest absolute Gasteiger partial charge is 0.269 e. The van der Waals surface area contributed by atoms with Gasteiger partial charge in [-0.15, -0.1) is 0 Å². The number of carbonyl (C=O) groups excluding carboxylic acids is 1. The summed E-state index contributed by atoms with van der Waals surface area (Å²) in [6, 6.07) is 10.1. The van der Waals surface area contributed by atoms with E-state index < -0.39 is 9.85 Å². The molecule has 0 fully saturated rings. The Hall–Kier alpha value is -3.49. The Balaban J connectivity index is 0.000000360. The Labute approximate surface area is 124 Å². The second kappa shape index (κ2) is 9.42. The van der Waals surface area contributed by atoms with Crippen molar-refractivity contribution in [3.63, 3.8) is 0 Å². The van der Waals surface area contributed by atoms with Crippen LogP contribution >= 0.6 is 0 Å². The van der Waals surface area contributed by atoms with Crippen LogP contribution in [0.5, 0.6) is 11.5 Å². The Morgan fingerprint density at radius 2 is 0.909 bits per heavy atom. The first-order valence-electron chi connectivity index (χ1n) is 5.56. The Morgan fingerprint density at radius 3 is 1.09 bits per heavy atom. The van der Waals surface area contributed by atoms with Gasteiger partial charge in [-0.05, 0) is 24.3 Å². The van der Waals surface area contributed by atoms with Gasteiger partial charge >= 0.3 is 0 Å². The van der Waals surface area contributed by atoms with Crippen molar-refractivity contribution < 1.29 is 24.9 Å². The number of phenols is 2. The van der Waals surface area contributed by atoms with Crippen LogP contribution in [0, 0.1) is 20.2 Å². The quantitative estimate of drug-likeness (QED) is 0.640. The molecule has 0 saturated heterocycles. The number of non-ortho nitro benzene ring substituents is 2. The summed E-state index contributed by atoms with van der Waals surface area (Å²) in [5, 5.41) is 37.5. The van der Waals surface area contributed by atoms with Gasteiger partial charge in [0.05, 0.1) is 9.85 Å². The molecule has 116 valence electrons. The SMILES string of the molecule is C=O.O=[N+]([O-])c1ccc(O)cc1.O=[N+]([O-])c1ccc(O)cc1. The zero-order valence-electron chi connectivity index (χ0n) is 11.2. The number of aromatic hydroxyl groups is 2. The maximum atomic E-state index is 10.0. The van der Waals surface area contributed by atoms with E-state index >= 15 is 0 Å². The number of hydrogen-bond acceptors (Lipinski definition) is 7. The highest BCUT2D eigenvalue weighted by atomic mass is 16.6. The molecule has 0 unspecified atom stereocenters. The van der Waals surface area contributed by atoms with E-state index in [0.717, 1.165) is 0 Å². The fourth-order valence-electron chi connectivity index (χ4n) is 1.15. The molecular formula is C13H12N2O7. The predicted molar refractivity (Wildman–Crippen MR) is 76.6 cm³/mol. The average molecular weight is 308 g/mol. The third-order valence-corrected chi connectivity index (χ3v) is 2.12. The number of phenolic OH excluding ortho intramolecular Hbond substituents is 2. The largest absolute Gasteiger partial charge is 0.508 e. The van der Waals surface area contributed by atoms with Crippen LogP contribution in [0.3, 0.4) is 0 Å². The summed E-state index contributed by atoms with van der Waals surface area (Å²) in [5.74, 6) is 0.0659. The fourth-order valence-corrected chi connectivity index (χ4v) is 1.15. The van der Waals surface area contributed by atoms with E-state index in [0.29, 0.717) is 0 Å². The van der Waals surface area contributed by atoms with Crippen molar-refractivity contribution in [3.8, 4) is 11.5 Å². The Kier molecular flexibility index (Phi) is 7.93. The molecule has 0 aliphatic rings. The van der Waals surface area contributed by atoms with Crippen molar-refractivity contribution >= 4 is 18.2 Å². The number of nitrogens with zero attached hydrogens (tertiary/aromatic N) is 2. The second-order valence-corrected chi connectivity index (χ2v) is 3.55. The number of benzene rings is 2. The molecule has 2 N–H and O–H groups in total. The number of carbonyl (C=O) groups is 1. The van der Waals surface area contributed by atoms with Gasteiger partial charge in [-0.2, -0.15) is 0 Å². The van der Waals surface area contributed by atoms with Gasteiger partial charge in [-0.3, -0.25) is 20.2 Å². The molecule has 0 bridgehead atoms. The molecule has 22 heavy (non-hydrogen) atoms. The predicted octanol–water partition coefficient (Wildman–Crippen LogP) is 2.42. The molecule has 0 spiro atoms. The third-order valence-electron chi connectivity index (χ3n) is 2.12. The summed E-state index contributed by atoms with van der Waals surface area (Å²) >= 11 is 0. The first-order chi connectivity index (χ1) is 10.4. The minimum absolute atomic E-state index is 0.0159. The lowest BCUT2D eigenvalue weighted by Crippen LogP contribution is -1.85. The molecule has 9 heteroatoms. The highest BCUT2D eigenvalue weighted by Crippen LogP contribution is 2.15. The summed E-state index contributed by atoms with van der Waals surface area (Å²) in [5.41, 5.74) is -0.0319. The standard InChI is InChI=1S/2C6H5NO3.CH2O/c2*8-6-3-1-5(2-4-6)7(9)10;1-2/h2*1-4,8H;1H2. The van der Waals surface area contributed by atoms with Crippen LogP contribution in [0.1, 0.15) is 0 Å². The van der Waals surface area contributed by atoms with E-state index in [2.05, 4.69) is 0 Å². The van der Waals surface area contributed by atoms with Gasteiger partial charge in [0.1, 0.15) is 18.3 Å². The van der Waals surface area contributed by atoms with Crippen LogP contribution in [0.15, 0.2) is 48.5 Å². The van der Waals surface area contributed by atoms with Gasteiger partial charge in [0.15, 0.2) is 0 Å². The van der Waals surface area contributed by atoms with Gasteiger partial charge in [0.2, 0.25) is 0 Å². The molecule has 0 heterocycles. The van der Waals surface area contributed by atoms with Crippen molar-refractivity contribution in [1.82, 2.24) is 0 Å². The summed E-state index contributed by atoms with van der Waals surface area (Å²) in [7, 11) is 0. The first kappa shape index (κ1) is 18.5. The molecular weight excluding hydrogens is 296 g/mol. The van der Waals surface area contributed by atoms with E-state index in [4.69, 9.17) is 15.0 Å². The zero-order valence-corrected chi connectivity index (χ0v) is 11.2. The molecule has 0 aliphatic heterocycles. The molecule has 0 aliphatic carbocycles. The van der Waals surface area contributed by atoms with E-state index in [1.807, 2.05) is 6.79 Å². The van der Waals surface area contributed by atoms with Gasteiger partial charge < -0.3 is 15.0 Å². The highest BCUT2D eigenvalue weighted by molar-refractivity contribution is 5.35. The van der Waals surface area contributed by atoms with Gasteiger partial charge in [-0.1, -0.05) is 0 Å². The number of nitro groups is 2. The van der Waals surface area contributed by atoms with Crippen LogP contribution in [0.25, 0.3) is 0 Å². The van der Waals surface area contributed by atoms with Gasteiger partial charge in [0, 0.05) is 24.3 Å². The van der Waals surface area contributed by atoms with Gasteiger partial charge in [-0.25, -0.2) is 0 Å². The lowest BCUT2D eigenvalue weighted by molar-refractivity contribution is -0.385. The van der Waals surface area contributed by atoms with Crippen molar-refractivity contribution in [3.05, 3.63) is 68.8 Å². The van der Waals surface area contributed by atoms with Gasteiger partial charge in [0.25, 0.3) is 11.4 Å². The van der Waals surface area contributed by atoms with E-state index in [1.54, 1.807) is 0 Å². The van der Waals surface area contributed by atoms with Crippen LogP contribution in [0.2, 0.25) is 0 Å². The zero-order chi connectivity index (χ0) is 17.1. The monoisotopic (exact) mass is 308 g/mol. The van der Waals surface area contributed by atoms with Crippen molar-refractivity contribution in [1.29, 1.82) is 0 Å². The van der Waals surface area contributed by atoms with Crippen LogP contribution in [0.4, 0.5) is 11.4 Å². The Morgan fingerprint density at radius 1 is 0.682 bits per heavy atom. The second-order valence-electron chi connectivity index (χ2n) is 3.55. The topological polar surface area (TPSA) is 144 Å². The maximum absolute atomic E-state index is 10.0. The highest BCUT2D eigenvalue weighted by Gasteiger charge is 2.02. The summed E-state index contributed by atoms with van der Waals surface area (Å²) in [6.07, 6.45) is 0. The Bertz CT molecular complexity index is 556. The minimum atomic E-state index is -0.514. The molecule has 0 atom stereocenters. The van der Waals surface area contributed by atoms with E-state index in [9.17, 15) is 20.2 Å². The maximum Gasteiger partial charge on any atom is 0.269 e. The number of nitro benzene ring substituents is 2. The molecule has 9 nitrogen and oxygen atoms in total. The normalized spacial score (nSPS) is 8.55. The molecule has 2 rings (SSSR count). The van der Waals surface area contributed by atoms with Crippen LogP contribution in [-0.2, 0) is 4.79 Å². The van der Waals surface area contributed by atoms with Crippen molar-refractivity contribution in [2.24, 2.45) is 0 Å². The molecule has 0 amide bonds. The van der Waals surface area contributed by atoms with E-state index in [1.165, 1.54) is 48.5 Å². The molecule has 0 radical (unpaired) electrons. The molecule has 2 aromatic carbocycles. The molecule has 0 saturated carbocycles. The average Bonchev–Trinajstić information content (AvgIpc) is 2.51. The summed E-state index contributed by atoms with van der Waals surface area (Å²) in [6.45, 7) is 2.00. The number of hydrogen-bond donors (Lipinski definition) is 2. The summed E-state index contributed by atoms with van der Waals surface area (Å²) in [4.78, 5) is 27.0. The third kappa shape index (κ3) is 6.61. The van der Waals surface area contributed by atoms with E-state index in [-0.39, 0.29) is 22.9 Å². The summed E-state index contributed by atoms with van der Waals surface area (Å²) < 4.78 is 0. The first-order valence-corrected chi connectivity index (χ1v) is 5.56. The minimum Gasteiger partial charge on any atom is -0.508 e. The fraction of sp³-hybridized carbons (Fsp3) is 0. The van der Waals surface area contributed by atoms with Crippen LogP contribution < -0.4 is 0 Å². The van der Waals surface area contributed by atoms with Crippen LogP contribution in [-0.4, -0.2) is 26.8 Å². The van der Waals surface area contributed by atoms with Crippen molar-refractivity contribution in [2.45, 2.75) is 0 Å². The molecule has 0 aromatic heterocycles. The lowest BCUT2D eigenvalue weighted by atomic mass is 10.3. The van der Waals surface area contributed by atoms with Crippen molar-refractivity contribution in [2.75, 3.05) is 0 Å².